The van der Waals surface area contributed by atoms with Gasteiger partial charge in [-0.2, -0.15) is 5.26 Å². The molecule has 0 aliphatic heterocycles. The summed E-state index contributed by atoms with van der Waals surface area (Å²) in [5.74, 6) is 0.605. The first-order valence-electron chi connectivity index (χ1n) is 4.65. The number of nitriles is 1. The van der Waals surface area contributed by atoms with Crippen LogP contribution < -0.4 is 4.74 Å². The SMILES string of the molecule is COc1cc(C)c(C(=O)CC#N)c(C)c1. The molecule has 0 aliphatic carbocycles. The van der Waals surface area contributed by atoms with E-state index < -0.39 is 0 Å². The molecule has 0 amide bonds. The number of hydrogen-bond donors (Lipinski definition) is 0. The van der Waals surface area contributed by atoms with Crippen LogP contribution in [-0.2, 0) is 0 Å². The van der Waals surface area contributed by atoms with Gasteiger partial charge in [-0.15, -0.1) is 0 Å². The number of hydrogen-bond acceptors (Lipinski definition) is 3. The minimum absolute atomic E-state index is 0.0754. The standard InChI is InChI=1S/C12H13NO2/c1-8-6-10(15-3)7-9(2)12(8)11(14)4-5-13/h6-7H,4H2,1-3H3. The second-order valence-corrected chi connectivity index (χ2v) is 3.39. The number of ketones is 1. The summed E-state index contributed by atoms with van der Waals surface area (Å²) in [4.78, 5) is 11.6. The van der Waals surface area contributed by atoms with Gasteiger partial charge in [-0.05, 0) is 37.1 Å². The summed E-state index contributed by atoms with van der Waals surface area (Å²) in [5.41, 5.74) is 2.34. The van der Waals surface area contributed by atoms with Gasteiger partial charge in [-0.1, -0.05) is 0 Å². The molecule has 3 heteroatoms. The van der Waals surface area contributed by atoms with Crippen LogP contribution in [0.4, 0.5) is 0 Å². The summed E-state index contributed by atoms with van der Waals surface area (Å²) < 4.78 is 5.09. The van der Waals surface area contributed by atoms with Crippen molar-refractivity contribution in [1.29, 1.82) is 5.26 Å². The smallest absolute Gasteiger partial charge is 0.177 e. The quantitative estimate of drug-likeness (QED) is 0.709. The van der Waals surface area contributed by atoms with Crippen molar-refractivity contribution in [2.24, 2.45) is 0 Å². The zero-order chi connectivity index (χ0) is 11.4. The van der Waals surface area contributed by atoms with Crippen molar-refractivity contribution in [3.05, 3.63) is 28.8 Å². The lowest BCUT2D eigenvalue weighted by atomic mass is 9.97. The van der Waals surface area contributed by atoms with Crippen molar-refractivity contribution in [3.8, 4) is 11.8 Å². The van der Waals surface area contributed by atoms with Gasteiger partial charge in [0, 0.05) is 5.56 Å². The summed E-state index contributed by atoms with van der Waals surface area (Å²) in [6.07, 6.45) is -0.0754. The molecule has 0 N–H and O–H groups in total. The first-order valence-corrected chi connectivity index (χ1v) is 4.65. The maximum Gasteiger partial charge on any atom is 0.177 e. The summed E-state index contributed by atoms with van der Waals surface area (Å²) >= 11 is 0. The second-order valence-electron chi connectivity index (χ2n) is 3.39. The molecule has 0 atom stereocenters. The Hall–Kier alpha value is -1.82. The number of carbonyl (C=O) groups excluding carboxylic acids is 1. The fourth-order valence-corrected chi connectivity index (χ4v) is 1.64. The molecule has 0 spiro atoms. The first-order chi connectivity index (χ1) is 7.10. The first kappa shape index (κ1) is 11.3. The lowest BCUT2D eigenvalue weighted by Gasteiger charge is -2.09. The third-order valence-electron chi connectivity index (χ3n) is 2.26. The molecule has 0 aliphatic rings. The van der Waals surface area contributed by atoms with Crippen molar-refractivity contribution in [2.45, 2.75) is 20.3 Å². The van der Waals surface area contributed by atoms with E-state index in [9.17, 15) is 4.79 Å². The highest BCUT2D eigenvalue weighted by molar-refractivity contribution is 6.00. The Labute approximate surface area is 89.3 Å². The molecule has 0 saturated carbocycles. The molecular formula is C12H13NO2. The van der Waals surface area contributed by atoms with E-state index in [4.69, 9.17) is 10.00 Å². The summed E-state index contributed by atoms with van der Waals surface area (Å²) in [5, 5.41) is 8.49. The van der Waals surface area contributed by atoms with Gasteiger partial charge in [0.15, 0.2) is 5.78 Å². The predicted octanol–water partition coefficient (Wildman–Crippen LogP) is 2.41. The van der Waals surface area contributed by atoms with E-state index in [2.05, 4.69) is 0 Å². The lowest BCUT2D eigenvalue weighted by Crippen LogP contribution is -2.04. The molecule has 0 heterocycles. The van der Waals surface area contributed by atoms with E-state index in [1.807, 2.05) is 19.9 Å². The predicted molar refractivity (Wildman–Crippen MR) is 57.0 cm³/mol. The monoisotopic (exact) mass is 203 g/mol. The van der Waals surface area contributed by atoms with Crippen molar-refractivity contribution >= 4 is 5.78 Å². The number of nitrogens with zero attached hydrogens (tertiary/aromatic N) is 1. The van der Waals surface area contributed by atoms with Gasteiger partial charge in [0.2, 0.25) is 0 Å². The number of benzene rings is 1. The van der Waals surface area contributed by atoms with Crippen molar-refractivity contribution in [2.75, 3.05) is 7.11 Å². The summed E-state index contributed by atoms with van der Waals surface area (Å²) in [6, 6.07) is 5.47. The van der Waals surface area contributed by atoms with Crippen LogP contribution in [0.25, 0.3) is 0 Å². The van der Waals surface area contributed by atoms with Gasteiger partial charge < -0.3 is 4.74 Å². The van der Waals surface area contributed by atoms with E-state index >= 15 is 0 Å². The molecule has 1 rings (SSSR count). The van der Waals surface area contributed by atoms with Gasteiger partial charge in [-0.25, -0.2) is 0 Å². The van der Waals surface area contributed by atoms with Crippen molar-refractivity contribution in [1.82, 2.24) is 0 Å². The Morgan fingerprint density at radius 2 is 1.93 bits per heavy atom. The zero-order valence-electron chi connectivity index (χ0n) is 9.13. The van der Waals surface area contributed by atoms with E-state index in [0.717, 1.165) is 16.9 Å². The maximum atomic E-state index is 11.6. The van der Waals surface area contributed by atoms with Crippen LogP contribution >= 0.6 is 0 Å². The molecule has 0 bridgehead atoms. The van der Waals surface area contributed by atoms with Crippen LogP contribution in [0.2, 0.25) is 0 Å². The summed E-state index contributed by atoms with van der Waals surface area (Å²) in [7, 11) is 1.59. The molecule has 1 aromatic rings. The van der Waals surface area contributed by atoms with Crippen LogP contribution in [0.15, 0.2) is 12.1 Å². The van der Waals surface area contributed by atoms with Crippen LogP contribution in [0.5, 0.6) is 5.75 Å². The average Bonchev–Trinajstić information content (AvgIpc) is 2.16. The highest BCUT2D eigenvalue weighted by atomic mass is 16.5. The Bertz CT molecular complexity index is 407. The number of Topliss-reactive ketones (excluding diaryl/α,β-unsaturated/α-hetero) is 1. The number of ether oxygens (including phenoxy) is 1. The van der Waals surface area contributed by atoms with Crippen LogP contribution in [0, 0.1) is 25.2 Å². The van der Waals surface area contributed by atoms with Gasteiger partial charge >= 0.3 is 0 Å². The Kier molecular flexibility index (Phi) is 3.46. The molecule has 0 saturated heterocycles. The second kappa shape index (κ2) is 4.61. The highest BCUT2D eigenvalue weighted by Gasteiger charge is 2.12. The van der Waals surface area contributed by atoms with Crippen LogP contribution in [0.1, 0.15) is 27.9 Å². The van der Waals surface area contributed by atoms with E-state index in [-0.39, 0.29) is 12.2 Å². The van der Waals surface area contributed by atoms with Crippen LogP contribution in [0.3, 0.4) is 0 Å². The third kappa shape index (κ3) is 2.35. The normalized spacial score (nSPS) is 9.47. The molecule has 15 heavy (non-hydrogen) atoms. The fourth-order valence-electron chi connectivity index (χ4n) is 1.64. The van der Waals surface area contributed by atoms with E-state index in [0.29, 0.717) is 5.56 Å². The molecular weight excluding hydrogens is 190 g/mol. The lowest BCUT2D eigenvalue weighted by molar-refractivity contribution is 0.0996. The number of methoxy groups -OCH3 is 1. The summed E-state index contributed by atoms with van der Waals surface area (Å²) in [6.45, 7) is 3.69. The van der Waals surface area contributed by atoms with Crippen LogP contribution in [-0.4, -0.2) is 12.9 Å². The maximum absolute atomic E-state index is 11.6. The molecule has 3 nitrogen and oxygen atoms in total. The van der Waals surface area contributed by atoms with E-state index in [1.165, 1.54) is 0 Å². The highest BCUT2D eigenvalue weighted by Crippen LogP contribution is 2.22. The van der Waals surface area contributed by atoms with Gasteiger partial charge in [0.1, 0.15) is 5.75 Å². The number of aryl methyl sites for hydroxylation is 2. The molecule has 1 aromatic carbocycles. The van der Waals surface area contributed by atoms with Gasteiger partial charge in [0.05, 0.1) is 19.6 Å². The minimum Gasteiger partial charge on any atom is -0.497 e. The zero-order valence-corrected chi connectivity index (χ0v) is 9.13. The van der Waals surface area contributed by atoms with Crippen molar-refractivity contribution < 1.29 is 9.53 Å². The molecule has 0 radical (unpaired) electrons. The fraction of sp³-hybridized carbons (Fsp3) is 0.333. The molecule has 0 unspecified atom stereocenters. The van der Waals surface area contributed by atoms with Crippen molar-refractivity contribution in [3.63, 3.8) is 0 Å². The Morgan fingerprint density at radius 3 is 2.33 bits per heavy atom. The van der Waals surface area contributed by atoms with Gasteiger partial charge in [0.25, 0.3) is 0 Å². The molecule has 78 valence electrons. The minimum atomic E-state index is -0.129. The largest absolute Gasteiger partial charge is 0.497 e. The number of rotatable bonds is 3. The Balaban J connectivity index is 3.20. The Morgan fingerprint density at radius 1 is 1.40 bits per heavy atom. The topological polar surface area (TPSA) is 50.1 Å². The number of carbonyl (C=O) groups is 1. The molecule has 0 fully saturated rings. The van der Waals surface area contributed by atoms with Gasteiger partial charge in [-0.3, -0.25) is 4.79 Å². The average molecular weight is 203 g/mol. The van der Waals surface area contributed by atoms with E-state index in [1.54, 1.807) is 19.2 Å². The molecule has 0 aromatic heterocycles. The third-order valence-corrected chi connectivity index (χ3v) is 2.26.